The fourth-order valence-corrected chi connectivity index (χ4v) is 3.01. The summed E-state index contributed by atoms with van der Waals surface area (Å²) >= 11 is 0. The number of rotatable bonds is 10. The van der Waals surface area contributed by atoms with E-state index in [1.54, 1.807) is 32.0 Å². The molecule has 2 rings (SSSR count). The molecule has 6 nitrogen and oxygen atoms in total. The van der Waals surface area contributed by atoms with Crippen molar-refractivity contribution in [2.75, 3.05) is 20.3 Å². The average Bonchev–Trinajstić information content (AvgIpc) is 2.77. The van der Waals surface area contributed by atoms with Gasteiger partial charge in [0, 0.05) is 19.6 Å². The van der Waals surface area contributed by atoms with Crippen LogP contribution in [0, 0.1) is 0 Å². The van der Waals surface area contributed by atoms with Gasteiger partial charge in [0.15, 0.2) is 6.10 Å². The number of carbonyl (C=O) groups excluding carboxylic acids is 2. The first-order valence-corrected chi connectivity index (χ1v) is 10.1. The van der Waals surface area contributed by atoms with Gasteiger partial charge in [-0.1, -0.05) is 18.2 Å². The predicted octanol–water partition coefficient (Wildman–Crippen LogP) is 4.15. The number of hydrogen-bond acceptors (Lipinski definition) is 5. The van der Waals surface area contributed by atoms with Crippen LogP contribution in [0.4, 0.5) is 13.2 Å². The Kier molecular flexibility index (Phi) is 9.07. The molecule has 0 radical (unpaired) electrons. The van der Waals surface area contributed by atoms with Crippen LogP contribution < -0.4 is 10.1 Å². The van der Waals surface area contributed by atoms with Crippen molar-refractivity contribution >= 4 is 11.9 Å². The predicted molar refractivity (Wildman–Crippen MR) is 111 cm³/mol. The van der Waals surface area contributed by atoms with Crippen molar-refractivity contribution in [3.05, 3.63) is 64.7 Å². The molecule has 0 aliphatic rings. The molecule has 1 unspecified atom stereocenters. The molecular weight excluding hydrogens is 427 g/mol. The van der Waals surface area contributed by atoms with Gasteiger partial charge in [-0.2, -0.15) is 13.2 Å². The molecular formula is C23H26F3NO5. The summed E-state index contributed by atoms with van der Waals surface area (Å²) in [4.78, 5) is 24.8. The van der Waals surface area contributed by atoms with Crippen LogP contribution in [0.25, 0.3) is 0 Å². The monoisotopic (exact) mass is 453 g/mol. The van der Waals surface area contributed by atoms with Crippen molar-refractivity contribution in [2.24, 2.45) is 0 Å². The van der Waals surface area contributed by atoms with Crippen LogP contribution in [0.2, 0.25) is 0 Å². The average molecular weight is 453 g/mol. The third-order valence-corrected chi connectivity index (χ3v) is 4.58. The molecule has 0 saturated heterocycles. The molecule has 2 aromatic carbocycles. The Labute approximate surface area is 184 Å². The molecule has 32 heavy (non-hydrogen) atoms. The van der Waals surface area contributed by atoms with E-state index in [4.69, 9.17) is 14.2 Å². The van der Waals surface area contributed by atoms with Crippen molar-refractivity contribution in [3.8, 4) is 5.75 Å². The molecule has 0 saturated carbocycles. The zero-order valence-corrected chi connectivity index (χ0v) is 18.1. The number of carbonyl (C=O) groups is 2. The minimum absolute atomic E-state index is 0.0365. The van der Waals surface area contributed by atoms with E-state index < -0.39 is 29.7 Å². The summed E-state index contributed by atoms with van der Waals surface area (Å²) in [6.07, 6.45) is -5.02. The van der Waals surface area contributed by atoms with Gasteiger partial charge in [0.1, 0.15) is 5.75 Å². The molecule has 1 amide bonds. The molecule has 0 fully saturated rings. The van der Waals surface area contributed by atoms with Gasteiger partial charge in [-0.05, 0) is 49.2 Å². The lowest BCUT2D eigenvalue weighted by atomic mass is 10.0. The van der Waals surface area contributed by atoms with Gasteiger partial charge < -0.3 is 19.5 Å². The van der Waals surface area contributed by atoms with Crippen LogP contribution >= 0.6 is 0 Å². The first-order chi connectivity index (χ1) is 15.2. The van der Waals surface area contributed by atoms with E-state index >= 15 is 0 Å². The minimum atomic E-state index is -4.42. The summed E-state index contributed by atoms with van der Waals surface area (Å²) in [5.74, 6) is -0.631. The van der Waals surface area contributed by atoms with Crippen molar-refractivity contribution in [1.82, 2.24) is 5.32 Å². The van der Waals surface area contributed by atoms with Crippen molar-refractivity contribution in [1.29, 1.82) is 0 Å². The molecule has 0 spiro atoms. The number of methoxy groups -OCH3 is 1. The molecule has 2 aromatic rings. The van der Waals surface area contributed by atoms with Gasteiger partial charge in [0.25, 0.3) is 5.91 Å². The van der Waals surface area contributed by atoms with Gasteiger partial charge in [-0.15, -0.1) is 0 Å². The molecule has 0 heterocycles. The zero-order valence-electron chi connectivity index (χ0n) is 18.1. The van der Waals surface area contributed by atoms with Crippen LogP contribution in [0.3, 0.4) is 0 Å². The van der Waals surface area contributed by atoms with Crippen LogP contribution in [-0.4, -0.2) is 38.3 Å². The summed E-state index contributed by atoms with van der Waals surface area (Å²) in [7, 11) is 1.42. The second-order valence-electron chi connectivity index (χ2n) is 6.81. The summed E-state index contributed by atoms with van der Waals surface area (Å²) in [5.41, 5.74) is 0.653. The van der Waals surface area contributed by atoms with E-state index in [0.29, 0.717) is 23.5 Å². The van der Waals surface area contributed by atoms with E-state index in [0.717, 1.165) is 12.1 Å². The summed E-state index contributed by atoms with van der Waals surface area (Å²) in [6.45, 7) is 4.05. The third-order valence-electron chi connectivity index (χ3n) is 4.58. The number of esters is 1. The maximum atomic E-state index is 12.7. The van der Waals surface area contributed by atoms with Crippen molar-refractivity contribution in [2.45, 2.75) is 39.1 Å². The fourth-order valence-electron chi connectivity index (χ4n) is 3.01. The smallest absolute Gasteiger partial charge is 0.416 e. The summed E-state index contributed by atoms with van der Waals surface area (Å²) < 4.78 is 53.8. The molecule has 1 N–H and O–H groups in total. The van der Waals surface area contributed by atoms with Gasteiger partial charge >= 0.3 is 12.1 Å². The van der Waals surface area contributed by atoms with E-state index in [2.05, 4.69) is 5.32 Å². The Morgan fingerprint density at radius 3 is 2.22 bits per heavy atom. The Morgan fingerprint density at radius 2 is 1.66 bits per heavy atom. The normalized spacial score (nSPS) is 12.2. The van der Waals surface area contributed by atoms with E-state index in [1.165, 1.54) is 19.2 Å². The topological polar surface area (TPSA) is 73.9 Å². The quantitative estimate of drug-likeness (QED) is 0.547. The lowest BCUT2D eigenvalue weighted by Crippen LogP contribution is -2.29. The standard InChI is InChI=1S/C23H26F3NO5/c1-4-31-20(22(29)32-5-2)13-16-8-11-19(30-3)18(12-16)21(28)27-14-15-6-9-17(10-7-15)23(24,25)26/h6-12,20H,4-5,13-14H2,1-3H3,(H,27,28). The molecule has 0 aromatic heterocycles. The number of hydrogen-bond donors (Lipinski definition) is 1. The van der Waals surface area contributed by atoms with Gasteiger partial charge in [-0.25, -0.2) is 4.79 Å². The summed E-state index contributed by atoms with van der Waals surface area (Å²) in [5, 5.41) is 2.67. The molecule has 174 valence electrons. The second kappa shape index (κ2) is 11.5. The van der Waals surface area contributed by atoms with Gasteiger partial charge in [0.05, 0.1) is 24.8 Å². The molecule has 9 heteroatoms. The number of amides is 1. The number of ether oxygens (including phenoxy) is 3. The Morgan fingerprint density at radius 1 is 1.00 bits per heavy atom. The maximum Gasteiger partial charge on any atom is 0.416 e. The van der Waals surface area contributed by atoms with E-state index in [1.807, 2.05) is 0 Å². The lowest BCUT2D eigenvalue weighted by Gasteiger charge is -2.17. The Balaban J connectivity index is 2.13. The third kappa shape index (κ3) is 6.98. The molecule has 0 aliphatic carbocycles. The zero-order chi connectivity index (χ0) is 23.7. The highest BCUT2D eigenvalue weighted by atomic mass is 19.4. The Hall–Kier alpha value is -3.07. The van der Waals surface area contributed by atoms with E-state index in [9.17, 15) is 22.8 Å². The van der Waals surface area contributed by atoms with Crippen LogP contribution in [0.1, 0.15) is 40.9 Å². The minimum Gasteiger partial charge on any atom is -0.496 e. The highest BCUT2D eigenvalue weighted by Gasteiger charge is 2.30. The first-order valence-electron chi connectivity index (χ1n) is 10.1. The second-order valence-corrected chi connectivity index (χ2v) is 6.81. The number of alkyl halides is 3. The highest BCUT2D eigenvalue weighted by molar-refractivity contribution is 5.97. The number of benzene rings is 2. The SMILES string of the molecule is CCOC(=O)C(Cc1ccc(OC)c(C(=O)NCc2ccc(C(F)(F)F)cc2)c1)OCC. The van der Waals surface area contributed by atoms with E-state index in [-0.39, 0.29) is 25.1 Å². The summed E-state index contributed by atoms with van der Waals surface area (Å²) in [6, 6.07) is 9.46. The Bertz CT molecular complexity index is 913. The highest BCUT2D eigenvalue weighted by Crippen LogP contribution is 2.29. The number of nitrogens with one attached hydrogen (secondary N) is 1. The maximum absolute atomic E-state index is 12.7. The molecule has 0 bridgehead atoms. The number of halogens is 3. The largest absolute Gasteiger partial charge is 0.496 e. The fraction of sp³-hybridized carbons (Fsp3) is 0.391. The molecule has 1 atom stereocenters. The van der Waals surface area contributed by atoms with Crippen molar-refractivity contribution in [3.63, 3.8) is 0 Å². The first kappa shape index (κ1) is 25.2. The lowest BCUT2D eigenvalue weighted by molar-refractivity contribution is -0.156. The van der Waals surface area contributed by atoms with Crippen LogP contribution in [0.5, 0.6) is 5.75 Å². The van der Waals surface area contributed by atoms with Crippen molar-refractivity contribution < 1.29 is 37.0 Å². The van der Waals surface area contributed by atoms with Gasteiger partial charge in [-0.3, -0.25) is 4.79 Å². The van der Waals surface area contributed by atoms with Gasteiger partial charge in [0.2, 0.25) is 0 Å². The molecule has 0 aliphatic heterocycles. The van der Waals surface area contributed by atoms with Crippen LogP contribution in [0.15, 0.2) is 42.5 Å². The van der Waals surface area contributed by atoms with Crippen LogP contribution in [-0.2, 0) is 33.4 Å².